The lowest BCUT2D eigenvalue weighted by Gasteiger charge is -1.95. The van der Waals surface area contributed by atoms with Crippen molar-refractivity contribution in [3.8, 4) is 5.75 Å². The highest BCUT2D eigenvalue weighted by Crippen LogP contribution is 2.12. The van der Waals surface area contributed by atoms with Crippen molar-refractivity contribution in [1.82, 2.24) is 0 Å². The second kappa shape index (κ2) is 5.65. The van der Waals surface area contributed by atoms with Crippen LogP contribution in [0.25, 0.3) is 0 Å². The van der Waals surface area contributed by atoms with Gasteiger partial charge in [-0.05, 0) is 26.0 Å². The standard InChI is InChI=1S/C11H13N3O2/c1-8(9(2)14-16)13-12-7-10-5-3-4-6-11(10)15/h3-7,15-16H,1-2H3. The fraction of sp³-hybridized carbons (Fsp3) is 0.182. The first-order valence-corrected chi connectivity index (χ1v) is 4.70. The molecule has 0 unspecified atom stereocenters. The average Bonchev–Trinajstić information content (AvgIpc) is 2.30. The Morgan fingerprint density at radius 1 is 1.19 bits per heavy atom. The van der Waals surface area contributed by atoms with Gasteiger partial charge in [0.25, 0.3) is 0 Å². The Hall–Kier alpha value is -2.17. The molecule has 0 bridgehead atoms. The normalized spacial score (nSPS) is 13.4. The second-order valence-electron chi connectivity index (χ2n) is 3.17. The van der Waals surface area contributed by atoms with Gasteiger partial charge in [0.2, 0.25) is 0 Å². The van der Waals surface area contributed by atoms with Crippen LogP contribution in [0.1, 0.15) is 19.4 Å². The van der Waals surface area contributed by atoms with E-state index in [1.54, 1.807) is 38.1 Å². The third-order valence-corrected chi connectivity index (χ3v) is 2.01. The Morgan fingerprint density at radius 2 is 1.88 bits per heavy atom. The van der Waals surface area contributed by atoms with E-state index in [1.807, 2.05) is 0 Å². The van der Waals surface area contributed by atoms with Gasteiger partial charge in [0.05, 0.1) is 17.6 Å². The first-order chi connectivity index (χ1) is 7.65. The van der Waals surface area contributed by atoms with Crippen LogP contribution in [0.3, 0.4) is 0 Å². The summed E-state index contributed by atoms with van der Waals surface area (Å²) in [6.45, 7) is 3.30. The van der Waals surface area contributed by atoms with Crippen LogP contribution in [-0.4, -0.2) is 28.0 Å². The van der Waals surface area contributed by atoms with Gasteiger partial charge in [-0.2, -0.15) is 10.2 Å². The molecule has 5 heteroatoms. The summed E-state index contributed by atoms with van der Waals surface area (Å²) in [6.07, 6.45) is 1.43. The van der Waals surface area contributed by atoms with Gasteiger partial charge in [-0.15, -0.1) is 0 Å². The number of oxime groups is 1. The van der Waals surface area contributed by atoms with Crippen molar-refractivity contribution in [2.24, 2.45) is 15.4 Å². The van der Waals surface area contributed by atoms with Gasteiger partial charge < -0.3 is 10.3 Å². The summed E-state index contributed by atoms with van der Waals surface area (Å²) < 4.78 is 0. The highest BCUT2D eigenvalue weighted by atomic mass is 16.4. The van der Waals surface area contributed by atoms with E-state index >= 15 is 0 Å². The van der Waals surface area contributed by atoms with Crippen LogP contribution >= 0.6 is 0 Å². The molecule has 0 heterocycles. The summed E-state index contributed by atoms with van der Waals surface area (Å²) >= 11 is 0. The molecular formula is C11H13N3O2. The number of nitrogens with zero attached hydrogens (tertiary/aromatic N) is 3. The van der Waals surface area contributed by atoms with Crippen molar-refractivity contribution in [2.45, 2.75) is 13.8 Å². The zero-order valence-electron chi connectivity index (χ0n) is 9.12. The van der Waals surface area contributed by atoms with E-state index in [2.05, 4.69) is 15.4 Å². The fourth-order valence-electron chi connectivity index (χ4n) is 0.919. The molecule has 0 atom stereocenters. The van der Waals surface area contributed by atoms with Crippen molar-refractivity contribution in [3.05, 3.63) is 29.8 Å². The van der Waals surface area contributed by atoms with Crippen LogP contribution in [0.2, 0.25) is 0 Å². The third-order valence-electron chi connectivity index (χ3n) is 2.01. The van der Waals surface area contributed by atoms with E-state index in [0.717, 1.165) is 0 Å². The van der Waals surface area contributed by atoms with Gasteiger partial charge in [-0.25, -0.2) is 0 Å². The largest absolute Gasteiger partial charge is 0.507 e. The molecule has 5 nitrogen and oxygen atoms in total. The highest BCUT2D eigenvalue weighted by Gasteiger charge is 1.96. The minimum absolute atomic E-state index is 0.145. The maximum absolute atomic E-state index is 9.43. The number of aromatic hydroxyl groups is 1. The Balaban J connectivity index is 2.80. The first-order valence-electron chi connectivity index (χ1n) is 4.70. The molecule has 0 saturated carbocycles. The highest BCUT2D eigenvalue weighted by molar-refractivity contribution is 6.40. The summed E-state index contributed by atoms with van der Waals surface area (Å²) in [4.78, 5) is 0. The topological polar surface area (TPSA) is 77.5 Å². The molecule has 0 saturated heterocycles. The van der Waals surface area contributed by atoms with Crippen LogP contribution in [0, 0.1) is 0 Å². The molecule has 0 radical (unpaired) electrons. The summed E-state index contributed by atoms with van der Waals surface area (Å²) in [7, 11) is 0. The number of phenolic OH excluding ortho intramolecular Hbond substituents is 1. The van der Waals surface area contributed by atoms with Crippen LogP contribution in [0.5, 0.6) is 5.75 Å². The Morgan fingerprint density at radius 3 is 2.50 bits per heavy atom. The molecular weight excluding hydrogens is 206 g/mol. The van der Waals surface area contributed by atoms with Gasteiger partial charge in [0.15, 0.2) is 0 Å². The lowest BCUT2D eigenvalue weighted by molar-refractivity contribution is 0.320. The Kier molecular flexibility index (Phi) is 4.20. The molecule has 2 N–H and O–H groups in total. The molecule has 0 aliphatic carbocycles. The van der Waals surface area contributed by atoms with E-state index in [4.69, 9.17) is 5.21 Å². The van der Waals surface area contributed by atoms with E-state index in [9.17, 15) is 5.11 Å². The minimum Gasteiger partial charge on any atom is -0.507 e. The summed E-state index contributed by atoms with van der Waals surface area (Å²) in [6, 6.07) is 6.80. The number of hydrogen-bond donors (Lipinski definition) is 2. The van der Waals surface area contributed by atoms with Crippen molar-refractivity contribution in [2.75, 3.05) is 0 Å². The van der Waals surface area contributed by atoms with Crippen molar-refractivity contribution < 1.29 is 10.3 Å². The van der Waals surface area contributed by atoms with Gasteiger partial charge >= 0.3 is 0 Å². The smallest absolute Gasteiger partial charge is 0.124 e. The lowest BCUT2D eigenvalue weighted by Crippen LogP contribution is -2.04. The molecule has 0 spiro atoms. The summed E-state index contributed by atoms with van der Waals surface area (Å²) in [5.41, 5.74) is 1.49. The van der Waals surface area contributed by atoms with Crippen LogP contribution in [-0.2, 0) is 0 Å². The predicted octanol–water partition coefficient (Wildman–Crippen LogP) is 2.04. The van der Waals surface area contributed by atoms with E-state index in [1.165, 1.54) is 6.21 Å². The number of benzene rings is 1. The van der Waals surface area contributed by atoms with Crippen molar-refractivity contribution >= 4 is 17.6 Å². The Bertz CT molecular complexity index is 450. The predicted molar refractivity (Wildman–Crippen MR) is 63.7 cm³/mol. The average molecular weight is 219 g/mol. The number of para-hydroxylation sites is 1. The molecule has 0 aliphatic rings. The summed E-state index contributed by atoms with van der Waals surface area (Å²) in [5, 5.41) is 28.5. The van der Waals surface area contributed by atoms with Crippen molar-refractivity contribution in [1.29, 1.82) is 0 Å². The fourth-order valence-corrected chi connectivity index (χ4v) is 0.919. The van der Waals surface area contributed by atoms with Crippen LogP contribution < -0.4 is 0 Å². The Labute approximate surface area is 93.5 Å². The molecule has 1 rings (SSSR count). The zero-order chi connectivity index (χ0) is 12.0. The van der Waals surface area contributed by atoms with Gasteiger partial charge in [0.1, 0.15) is 5.75 Å². The van der Waals surface area contributed by atoms with Crippen molar-refractivity contribution in [3.63, 3.8) is 0 Å². The maximum Gasteiger partial charge on any atom is 0.124 e. The van der Waals surface area contributed by atoms with Gasteiger partial charge in [-0.1, -0.05) is 17.3 Å². The zero-order valence-corrected chi connectivity index (χ0v) is 9.12. The molecule has 0 amide bonds. The van der Waals surface area contributed by atoms with Gasteiger partial charge in [-0.3, -0.25) is 0 Å². The maximum atomic E-state index is 9.43. The minimum atomic E-state index is 0.145. The van der Waals surface area contributed by atoms with Gasteiger partial charge in [0, 0.05) is 5.56 Å². The quantitative estimate of drug-likeness (QED) is 0.463. The molecule has 0 fully saturated rings. The SMILES string of the molecule is CC(=NO)C(C)=NN=Cc1ccccc1O. The molecule has 16 heavy (non-hydrogen) atoms. The molecule has 0 aliphatic heterocycles. The monoisotopic (exact) mass is 219 g/mol. The van der Waals surface area contributed by atoms with Crippen LogP contribution in [0.15, 0.2) is 39.6 Å². The second-order valence-corrected chi connectivity index (χ2v) is 3.17. The number of rotatable bonds is 3. The molecule has 0 aromatic heterocycles. The molecule has 1 aromatic carbocycles. The van der Waals surface area contributed by atoms with Crippen LogP contribution in [0.4, 0.5) is 0 Å². The van der Waals surface area contributed by atoms with E-state index in [-0.39, 0.29) is 5.75 Å². The van der Waals surface area contributed by atoms with E-state index in [0.29, 0.717) is 17.0 Å². The van der Waals surface area contributed by atoms with E-state index < -0.39 is 0 Å². The molecule has 1 aromatic rings. The first kappa shape index (κ1) is 11.9. The third kappa shape index (κ3) is 3.20. The molecule has 84 valence electrons. The summed E-state index contributed by atoms with van der Waals surface area (Å²) in [5.74, 6) is 0.145. The number of phenols is 1. The lowest BCUT2D eigenvalue weighted by atomic mass is 10.2. The number of hydrogen-bond acceptors (Lipinski definition) is 5.